The van der Waals surface area contributed by atoms with Crippen LogP contribution in [-0.2, 0) is 6.54 Å². The highest BCUT2D eigenvalue weighted by atomic mass is 35.5. The van der Waals surface area contributed by atoms with Crippen LogP contribution in [0.3, 0.4) is 0 Å². The van der Waals surface area contributed by atoms with Gasteiger partial charge in [-0.05, 0) is 24.3 Å². The van der Waals surface area contributed by atoms with E-state index in [1.807, 2.05) is 18.2 Å². The molecule has 3 rings (SSSR count). The molecule has 0 saturated heterocycles. The van der Waals surface area contributed by atoms with E-state index in [2.05, 4.69) is 5.32 Å². The summed E-state index contributed by atoms with van der Waals surface area (Å²) in [5.74, 6) is 1.47. The zero-order chi connectivity index (χ0) is 14.1. The van der Waals surface area contributed by atoms with Crippen molar-refractivity contribution in [2.24, 2.45) is 0 Å². The Morgan fingerprint density at radius 1 is 0.950 bits per heavy atom. The Kier molecular flexibility index (Phi) is 3.83. The van der Waals surface area contributed by atoms with E-state index >= 15 is 0 Å². The zero-order valence-corrected chi connectivity index (χ0v) is 12.5. The van der Waals surface area contributed by atoms with Crippen LogP contribution in [0.5, 0.6) is 11.5 Å². The molecule has 1 heterocycles. The average molecular weight is 331 g/mol. The van der Waals surface area contributed by atoms with Crippen molar-refractivity contribution in [3.05, 3.63) is 51.0 Å². The molecule has 104 valence electrons. The van der Waals surface area contributed by atoms with Gasteiger partial charge in [0.1, 0.15) is 0 Å². The highest BCUT2D eigenvalue weighted by molar-refractivity contribution is 6.44. The predicted octanol–water partition coefficient (Wildman–Crippen LogP) is 4.99. The Bertz CT molecular complexity index is 661. The first-order chi connectivity index (χ1) is 9.65. The Morgan fingerprint density at radius 3 is 2.55 bits per heavy atom. The van der Waals surface area contributed by atoms with Crippen molar-refractivity contribution in [1.29, 1.82) is 0 Å². The third kappa shape index (κ3) is 2.62. The van der Waals surface area contributed by atoms with Gasteiger partial charge in [-0.25, -0.2) is 0 Å². The minimum absolute atomic E-state index is 0.255. The molecule has 0 unspecified atom stereocenters. The fourth-order valence-electron chi connectivity index (χ4n) is 1.93. The van der Waals surface area contributed by atoms with Crippen LogP contribution in [0.2, 0.25) is 15.1 Å². The van der Waals surface area contributed by atoms with Crippen LogP contribution < -0.4 is 14.8 Å². The van der Waals surface area contributed by atoms with E-state index in [1.54, 1.807) is 12.1 Å². The van der Waals surface area contributed by atoms with E-state index in [0.717, 1.165) is 22.7 Å². The van der Waals surface area contributed by atoms with E-state index in [4.69, 9.17) is 44.3 Å². The van der Waals surface area contributed by atoms with Gasteiger partial charge in [0.15, 0.2) is 11.5 Å². The minimum Gasteiger partial charge on any atom is -0.454 e. The van der Waals surface area contributed by atoms with Crippen LogP contribution in [-0.4, -0.2) is 6.79 Å². The average Bonchev–Trinajstić information content (AvgIpc) is 2.90. The van der Waals surface area contributed by atoms with Crippen LogP contribution in [0.25, 0.3) is 0 Å². The van der Waals surface area contributed by atoms with E-state index < -0.39 is 0 Å². The van der Waals surface area contributed by atoms with E-state index in [9.17, 15) is 0 Å². The molecule has 1 aliphatic rings. The maximum Gasteiger partial charge on any atom is 0.231 e. The van der Waals surface area contributed by atoms with Crippen molar-refractivity contribution in [3.63, 3.8) is 0 Å². The smallest absolute Gasteiger partial charge is 0.231 e. The number of nitrogens with one attached hydrogen (secondary N) is 1. The first-order valence-electron chi connectivity index (χ1n) is 5.91. The predicted molar refractivity (Wildman–Crippen MR) is 81.4 cm³/mol. The summed E-state index contributed by atoms with van der Waals surface area (Å²) < 4.78 is 10.6. The minimum atomic E-state index is 0.255. The van der Waals surface area contributed by atoms with E-state index in [-0.39, 0.29) is 6.79 Å². The number of hydrogen-bond donors (Lipinski definition) is 1. The summed E-state index contributed by atoms with van der Waals surface area (Å²) in [5.41, 5.74) is 1.65. The quantitative estimate of drug-likeness (QED) is 0.804. The number of fused-ring (bicyclic) bond motifs is 1. The molecular weight excluding hydrogens is 321 g/mol. The van der Waals surface area contributed by atoms with Crippen LogP contribution in [0.4, 0.5) is 5.69 Å². The largest absolute Gasteiger partial charge is 0.454 e. The molecule has 6 heteroatoms. The number of hydrogen-bond acceptors (Lipinski definition) is 3. The Morgan fingerprint density at radius 2 is 1.70 bits per heavy atom. The van der Waals surface area contributed by atoms with Crippen LogP contribution >= 0.6 is 34.8 Å². The maximum atomic E-state index is 6.16. The molecule has 1 N–H and O–H groups in total. The van der Waals surface area contributed by atoms with Crippen molar-refractivity contribution in [3.8, 4) is 11.5 Å². The lowest BCUT2D eigenvalue weighted by Gasteiger charge is -2.11. The van der Waals surface area contributed by atoms with Crippen LogP contribution in [0, 0.1) is 0 Å². The van der Waals surface area contributed by atoms with Gasteiger partial charge in [0.2, 0.25) is 6.79 Å². The SMILES string of the molecule is Clc1ccc(Cl)c(CNc2ccc3c(c2)OCO3)c1Cl. The number of ether oxygens (including phenoxy) is 2. The number of anilines is 1. The van der Waals surface area contributed by atoms with Gasteiger partial charge < -0.3 is 14.8 Å². The topological polar surface area (TPSA) is 30.5 Å². The van der Waals surface area contributed by atoms with Gasteiger partial charge >= 0.3 is 0 Å². The Labute approximate surface area is 131 Å². The number of halogens is 3. The molecule has 0 fully saturated rings. The highest BCUT2D eigenvalue weighted by Gasteiger charge is 2.14. The third-order valence-electron chi connectivity index (χ3n) is 2.98. The summed E-state index contributed by atoms with van der Waals surface area (Å²) in [7, 11) is 0. The molecule has 0 bridgehead atoms. The molecule has 0 spiro atoms. The lowest BCUT2D eigenvalue weighted by molar-refractivity contribution is 0.174. The van der Waals surface area contributed by atoms with Crippen molar-refractivity contribution >= 4 is 40.5 Å². The van der Waals surface area contributed by atoms with Crippen molar-refractivity contribution < 1.29 is 9.47 Å². The molecule has 0 amide bonds. The zero-order valence-electron chi connectivity index (χ0n) is 10.3. The Balaban J connectivity index is 1.79. The molecule has 3 nitrogen and oxygen atoms in total. The molecular formula is C14H10Cl3NO2. The standard InChI is InChI=1S/C14H10Cl3NO2/c15-10-2-3-11(16)14(17)9(10)6-18-8-1-4-12-13(5-8)20-7-19-12/h1-5,18H,6-7H2. The van der Waals surface area contributed by atoms with E-state index in [1.165, 1.54) is 0 Å². The second-order valence-electron chi connectivity index (χ2n) is 4.24. The molecule has 0 radical (unpaired) electrons. The van der Waals surface area contributed by atoms with E-state index in [0.29, 0.717) is 21.6 Å². The molecule has 0 aromatic heterocycles. The monoisotopic (exact) mass is 329 g/mol. The summed E-state index contributed by atoms with van der Waals surface area (Å²) in [6.07, 6.45) is 0. The lowest BCUT2D eigenvalue weighted by atomic mass is 10.2. The van der Waals surface area contributed by atoms with Gasteiger partial charge in [0.25, 0.3) is 0 Å². The molecule has 20 heavy (non-hydrogen) atoms. The fraction of sp³-hybridized carbons (Fsp3) is 0.143. The number of rotatable bonds is 3. The first-order valence-corrected chi connectivity index (χ1v) is 7.04. The van der Waals surface area contributed by atoms with Gasteiger partial charge in [0.05, 0.1) is 10.0 Å². The maximum absolute atomic E-state index is 6.16. The summed E-state index contributed by atoms with van der Waals surface area (Å²) in [6.45, 7) is 0.725. The van der Waals surface area contributed by atoms with Crippen LogP contribution in [0.15, 0.2) is 30.3 Å². The third-order valence-corrected chi connectivity index (χ3v) is 4.18. The summed E-state index contributed by atoms with van der Waals surface area (Å²) in [6, 6.07) is 9.03. The summed E-state index contributed by atoms with van der Waals surface area (Å²) in [5, 5.41) is 4.76. The van der Waals surface area contributed by atoms with Gasteiger partial charge in [-0.15, -0.1) is 0 Å². The highest BCUT2D eigenvalue weighted by Crippen LogP contribution is 2.35. The molecule has 2 aromatic rings. The molecule has 2 aromatic carbocycles. The Hall–Kier alpha value is -1.29. The summed E-state index contributed by atoms with van der Waals surface area (Å²) >= 11 is 18.3. The van der Waals surface area contributed by atoms with Gasteiger partial charge in [0, 0.05) is 28.9 Å². The first kappa shape index (κ1) is 13.7. The fourth-order valence-corrected chi connectivity index (χ4v) is 2.61. The lowest BCUT2D eigenvalue weighted by Crippen LogP contribution is -2.01. The number of benzene rings is 2. The molecule has 0 atom stereocenters. The van der Waals surface area contributed by atoms with Crippen molar-refractivity contribution in [2.75, 3.05) is 12.1 Å². The molecule has 0 aliphatic carbocycles. The summed E-state index contributed by atoms with van der Waals surface area (Å²) in [4.78, 5) is 0. The normalized spacial score (nSPS) is 12.6. The van der Waals surface area contributed by atoms with Crippen LogP contribution in [0.1, 0.15) is 5.56 Å². The van der Waals surface area contributed by atoms with Gasteiger partial charge in [-0.2, -0.15) is 0 Å². The van der Waals surface area contributed by atoms with Gasteiger partial charge in [-0.3, -0.25) is 0 Å². The second kappa shape index (κ2) is 5.60. The van der Waals surface area contributed by atoms with Crippen molar-refractivity contribution in [1.82, 2.24) is 0 Å². The van der Waals surface area contributed by atoms with Crippen molar-refractivity contribution in [2.45, 2.75) is 6.54 Å². The molecule has 1 aliphatic heterocycles. The second-order valence-corrected chi connectivity index (χ2v) is 5.44. The van der Waals surface area contributed by atoms with Gasteiger partial charge in [-0.1, -0.05) is 34.8 Å². The molecule has 0 saturated carbocycles.